The maximum Gasteiger partial charge on any atom is -0.0467 e. The topological polar surface area (TPSA) is 0 Å². The van der Waals surface area contributed by atoms with Crippen LogP contribution < -0.4 is 0 Å². The van der Waals surface area contributed by atoms with E-state index >= 15 is 0 Å². The van der Waals surface area contributed by atoms with E-state index < -0.39 is 0 Å². The van der Waals surface area contributed by atoms with Crippen molar-refractivity contribution in [2.75, 3.05) is 0 Å². The van der Waals surface area contributed by atoms with Gasteiger partial charge in [0.05, 0.1) is 0 Å². The van der Waals surface area contributed by atoms with Crippen LogP contribution in [0.3, 0.4) is 0 Å². The normalized spacial score (nSPS) is 6.22. The maximum absolute atomic E-state index is 3.51. The van der Waals surface area contributed by atoms with Gasteiger partial charge in [-0.05, 0) is 34.6 Å². The molecule has 0 nitrogen and oxygen atoms in total. The first-order valence-corrected chi connectivity index (χ1v) is 26.0. The van der Waals surface area contributed by atoms with E-state index in [-0.39, 0.29) is 0 Å². The zero-order chi connectivity index (χ0) is 53.3. The molecule has 58 heavy (non-hydrogen) atoms. The van der Waals surface area contributed by atoms with Crippen molar-refractivity contribution in [3.8, 4) is 0 Å². The quantitative estimate of drug-likeness (QED) is 0.234. The molecule has 0 spiro atoms. The first-order chi connectivity index (χ1) is 28.7. The van der Waals surface area contributed by atoms with Gasteiger partial charge in [-0.2, -0.15) is 0 Å². The molecule has 0 aliphatic heterocycles. The third kappa shape index (κ3) is 1480. The molecule has 0 N–H and O–H groups in total. The summed E-state index contributed by atoms with van der Waals surface area (Å²) >= 11 is 0. The Balaban J connectivity index is -0.0000000134. The Bertz CT molecular complexity index is 304. The lowest BCUT2D eigenvalue weighted by atomic mass is 10.3. The average molecular weight is 842 g/mol. The predicted molar refractivity (Wildman–Crippen MR) is 312 cm³/mol. The number of unbranched alkanes of at least 4 members (excludes halogenated alkanes) is 2. The molecule has 0 aromatic rings. The first-order valence-electron chi connectivity index (χ1n) is 26.0. The molecular formula is C58H144. The average Bonchev–Trinajstić information content (AvgIpc) is 3.39. The number of rotatable bonds is 6. The number of allylic oxidation sites excluding steroid dienone is 13. The molecule has 0 amide bonds. The van der Waals surface area contributed by atoms with E-state index in [4.69, 9.17) is 0 Å². The second-order valence-corrected chi connectivity index (χ2v) is 4.60. The molecule has 0 aromatic carbocycles. The zero-order valence-electron chi connectivity index (χ0n) is 51.3. The molecule has 0 saturated heterocycles. The maximum atomic E-state index is 3.51. The number of hydrogen-bond donors (Lipinski definition) is 0. The van der Waals surface area contributed by atoms with Gasteiger partial charge in [0.15, 0.2) is 0 Å². The van der Waals surface area contributed by atoms with Crippen molar-refractivity contribution in [2.24, 2.45) is 0 Å². The molecule has 0 unspecified atom stereocenters. The van der Waals surface area contributed by atoms with E-state index in [1.807, 2.05) is 343 Å². The third-order valence-electron chi connectivity index (χ3n) is 2.25. The van der Waals surface area contributed by atoms with Crippen molar-refractivity contribution in [1.82, 2.24) is 0 Å². The minimum atomic E-state index is 1.34. The fraction of sp³-hybridized carbons (Fsp3) is 0.759. The van der Waals surface area contributed by atoms with Crippen LogP contribution >= 0.6 is 0 Å². The monoisotopic (exact) mass is 841 g/mol. The molecular weight excluding hydrogens is 697 g/mol. The minimum absolute atomic E-state index is 1.34. The van der Waals surface area contributed by atoms with E-state index in [0.29, 0.717) is 0 Å². The van der Waals surface area contributed by atoms with Crippen LogP contribution in [0.1, 0.15) is 303 Å². The van der Waals surface area contributed by atoms with Gasteiger partial charge in [0.25, 0.3) is 0 Å². The first kappa shape index (κ1) is 138. The Hall–Kier alpha value is -1.82. The Kier molecular flexibility index (Phi) is 1920. The van der Waals surface area contributed by atoms with Crippen LogP contribution in [0.25, 0.3) is 0 Å². The van der Waals surface area contributed by atoms with Crippen LogP contribution in [0.2, 0.25) is 0 Å². The smallest absolute Gasteiger partial charge is 0.0467 e. The lowest BCUT2D eigenvalue weighted by Gasteiger charge is -1.79. The summed E-state index contributed by atoms with van der Waals surface area (Å²) in [5, 5.41) is 0. The summed E-state index contributed by atoms with van der Waals surface area (Å²) in [6, 6.07) is 0. The van der Waals surface area contributed by atoms with Gasteiger partial charge in [-0.1, -0.05) is 354 Å². The Morgan fingerprint density at radius 3 is 0.414 bits per heavy atom. The van der Waals surface area contributed by atoms with Gasteiger partial charge in [-0.25, -0.2) is 0 Å². The fourth-order valence-corrected chi connectivity index (χ4v) is 1.05. The summed E-state index contributed by atoms with van der Waals surface area (Å²) in [4.78, 5) is 0. The van der Waals surface area contributed by atoms with Crippen LogP contribution in [-0.4, -0.2) is 0 Å². The van der Waals surface area contributed by atoms with E-state index in [9.17, 15) is 0 Å². The van der Waals surface area contributed by atoms with E-state index in [0.717, 1.165) is 0 Å². The number of hydrogen-bond acceptors (Lipinski definition) is 0. The summed E-state index contributed by atoms with van der Waals surface area (Å²) in [6.45, 7) is 85.9. The molecule has 0 aromatic heterocycles. The lowest BCUT2D eigenvalue weighted by Crippen LogP contribution is -1.59. The SMILES string of the molecule is C/C=C\C=C/C.C/C=C\C=C/C.C=C/C=C\C=C/C.CC.CC.CC.CC.CC.CC.CC.CC.CC.CC.CC.CC.CC.CC.CC.CC.CC.CCCCC. The minimum Gasteiger partial charge on any atom is -0.0991 e. The van der Waals surface area contributed by atoms with Crippen molar-refractivity contribution < 1.29 is 0 Å². The molecule has 0 fully saturated rings. The predicted octanol–water partition coefficient (Wildman–Crippen LogP) is 26.2. The van der Waals surface area contributed by atoms with Gasteiger partial charge < -0.3 is 0 Å². The van der Waals surface area contributed by atoms with Crippen LogP contribution in [0, 0.1) is 0 Å². The zero-order valence-corrected chi connectivity index (χ0v) is 51.3. The van der Waals surface area contributed by atoms with Crippen molar-refractivity contribution >= 4 is 0 Å². The van der Waals surface area contributed by atoms with E-state index in [2.05, 4.69) is 20.4 Å². The fourth-order valence-electron chi connectivity index (χ4n) is 1.05. The summed E-state index contributed by atoms with van der Waals surface area (Å²) in [7, 11) is 0. The van der Waals surface area contributed by atoms with Gasteiger partial charge in [0.2, 0.25) is 0 Å². The molecule has 0 heterocycles. The largest absolute Gasteiger partial charge is 0.0991 e. The second-order valence-electron chi connectivity index (χ2n) is 4.60. The van der Waals surface area contributed by atoms with Crippen molar-refractivity contribution in [3.05, 3.63) is 85.6 Å². The van der Waals surface area contributed by atoms with Gasteiger partial charge in [-0.15, -0.1) is 0 Å². The highest BCUT2D eigenvalue weighted by atomic mass is 13.7. The van der Waals surface area contributed by atoms with Crippen LogP contribution in [0.5, 0.6) is 0 Å². The highest BCUT2D eigenvalue weighted by molar-refractivity contribution is 5.07. The molecule has 0 rings (SSSR count). The van der Waals surface area contributed by atoms with Crippen molar-refractivity contribution in [3.63, 3.8) is 0 Å². The molecule has 0 saturated carbocycles. The molecule has 376 valence electrons. The Morgan fingerprint density at radius 1 is 0.224 bits per heavy atom. The summed E-state index contributed by atoms with van der Waals surface area (Å²) in [6.07, 6.45) is 29.6. The van der Waals surface area contributed by atoms with Gasteiger partial charge in [0, 0.05) is 0 Å². The van der Waals surface area contributed by atoms with E-state index in [1.54, 1.807) is 6.08 Å². The van der Waals surface area contributed by atoms with Crippen LogP contribution in [0.4, 0.5) is 0 Å². The van der Waals surface area contributed by atoms with Crippen LogP contribution in [0.15, 0.2) is 85.6 Å². The van der Waals surface area contributed by atoms with Gasteiger partial charge >= 0.3 is 0 Å². The highest BCUT2D eigenvalue weighted by Gasteiger charge is 1.68. The van der Waals surface area contributed by atoms with Crippen molar-refractivity contribution in [1.29, 1.82) is 0 Å². The van der Waals surface area contributed by atoms with Gasteiger partial charge in [-0.3, -0.25) is 0 Å². The van der Waals surface area contributed by atoms with E-state index in [1.165, 1.54) is 19.3 Å². The third-order valence-corrected chi connectivity index (χ3v) is 2.25. The Labute approximate surface area is 387 Å². The van der Waals surface area contributed by atoms with Crippen LogP contribution in [-0.2, 0) is 0 Å². The highest BCUT2D eigenvalue weighted by Crippen LogP contribution is 1.88. The van der Waals surface area contributed by atoms with Crippen molar-refractivity contribution in [2.45, 2.75) is 303 Å². The molecule has 0 aliphatic rings. The van der Waals surface area contributed by atoms with Gasteiger partial charge in [0.1, 0.15) is 0 Å². The second kappa shape index (κ2) is 806. The Morgan fingerprint density at radius 2 is 0.345 bits per heavy atom. The summed E-state index contributed by atoms with van der Waals surface area (Å²) in [5.41, 5.74) is 0. The molecule has 0 atom stereocenters. The lowest BCUT2D eigenvalue weighted by molar-refractivity contribution is 0.772. The standard InChI is InChI=1S/C7H10.2C6H10.C5H12.17C2H6/c1-3-5-7-6-4-2;2*1-3-5-6-4-2;1-3-5-4-2;17*1-2/h3-7H,1H2,2H3;2*3-6H,1-2H3;3-5H2,1-2H3;17*1-2H3/b6-4-,7-5-;2*5-3-,6-4-;;;;;;;;;;;;;;;;;;. The summed E-state index contributed by atoms with van der Waals surface area (Å²) in [5.74, 6) is 0. The molecule has 0 heteroatoms. The summed E-state index contributed by atoms with van der Waals surface area (Å²) < 4.78 is 0. The molecule has 0 radical (unpaired) electrons. The molecule has 0 aliphatic carbocycles. The molecule has 0 bridgehead atoms.